The second kappa shape index (κ2) is 4.65. The fraction of sp³-hybridized carbons (Fsp3) is 0.357. The highest BCUT2D eigenvalue weighted by atomic mass is 79.9. The van der Waals surface area contributed by atoms with Crippen LogP contribution in [0.4, 0.5) is 0 Å². The first-order valence-corrected chi connectivity index (χ1v) is 6.94. The Balaban J connectivity index is 2.03. The Morgan fingerprint density at radius 3 is 2.71 bits per heavy atom. The average molecular weight is 291 g/mol. The van der Waals surface area contributed by atoms with Crippen molar-refractivity contribution in [1.82, 2.24) is 9.55 Å². The molecule has 3 rings (SSSR count). The Bertz CT molecular complexity index is 514. The van der Waals surface area contributed by atoms with Crippen molar-refractivity contribution >= 4 is 15.9 Å². The second-order valence-corrected chi connectivity index (χ2v) is 5.44. The molecule has 0 fully saturated rings. The van der Waals surface area contributed by atoms with E-state index in [9.17, 15) is 0 Å². The lowest BCUT2D eigenvalue weighted by Gasteiger charge is -2.08. The molecule has 0 bridgehead atoms. The van der Waals surface area contributed by atoms with Crippen LogP contribution in [-0.4, -0.2) is 9.55 Å². The molecule has 0 saturated carbocycles. The zero-order valence-corrected chi connectivity index (χ0v) is 11.3. The molecule has 0 atom stereocenters. The third kappa shape index (κ3) is 2.16. The number of hydrogen-bond donors (Lipinski definition) is 0. The molecule has 1 aromatic heterocycles. The molecule has 0 aliphatic carbocycles. The molecule has 1 aliphatic rings. The summed E-state index contributed by atoms with van der Waals surface area (Å²) in [5, 5.41) is 0. The topological polar surface area (TPSA) is 17.8 Å². The van der Waals surface area contributed by atoms with Crippen LogP contribution in [0.15, 0.2) is 34.9 Å². The molecule has 0 amide bonds. The molecular formula is C14H15BrN2. The quantitative estimate of drug-likeness (QED) is 0.775. The zero-order valence-electron chi connectivity index (χ0n) is 9.69. The van der Waals surface area contributed by atoms with Gasteiger partial charge in [0.05, 0.1) is 11.9 Å². The maximum absolute atomic E-state index is 4.57. The summed E-state index contributed by atoms with van der Waals surface area (Å²) in [6, 6.07) is 8.48. The molecule has 2 heterocycles. The first kappa shape index (κ1) is 11.0. The number of nitrogens with zero attached hydrogens (tertiary/aromatic N) is 2. The Kier molecular flexibility index (Phi) is 3.02. The van der Waals surface area contributed by atoms with Gasteiger partial charge in [0.25, 0.3) is 0 Å². The first-order valence-electron chi connectivity index (χ1n) is 6.15. The van der Waals surface area contributed by atoms with E-state index in [4.69, 9.17) is 0 Å². The van der Waals surface area contributed by atoms with E-state index in [0.717, 1.165) is 17.4 Å². The Hall–Kier alpha value is -1.09. The summed E-state index contributed by atoms with van der Waals surface area (Å²) in [6.45, 7) is 1.11. The van der Waals surface area contributed by atoms with Crippen LogP contribution < -0.4 is 0 Å². The molecule has 2 nitrogen and oxygen atoms in total. The van der Waals surface area contributed by atoms with Crippen molar-refractivity contribution in [3.63, 3.8) is 0 Å². The fourth-order valence-electron chi connectivity index (χ4n) is 2.44. The van der Waals surface area contributed by atoms with Gasteiger partial charge in [-0.05, 0) is 30.5 Å². The third-order valence-corrected chi connectivity index (χ3v) is 3.89. The van der Waals surface area contributed by atoms with E-state index >= 15 is 0 Å². The van der Waals surface area contributed by atoms with E-state index in [1.54, 1.807) is 0 Å². The van der Waals surface area contributed by atoms with Gasteiger partial charge in [-0.15, -0.1) is 0 Å². The summed E-state index contributed by atoms with van der Waals surface area (Å²) in [6.07, 6.45) is 7.01. The predicted molar refractivity (Wildman–Crippen MR) is 72.9 cm³/mol. The lowest BCUT2D eigenvalue weighted by Crippen LogP contribution is -2.02. The third-order valence-electron chi connectivity index (χ3n) is 3.36. The standard InChI is InChI=1S/C14H15BrN2/c15-12-7-5-11(6-8-12)13-10-16-14-4-2-1-3-9-17(13)14/h5-8,10H,1-4,9H2. The largest absolute Gasteiger partial charge is 0.328 e. The molecule has 1 aliphatic heterocycles. The number of aryl methyl sites for hydroxylation is 1. The minimum atomic E-state index is 1.11. The number of fused-ring (bicyclic) bond motifs is 1. The van der Waals surface area contributed by atoms with E-state index in [2.05, 4.69) is 49.7 Å². The predicted octanol–water partition coefficient (Wildman–Crippen LogP) is 4.04. The van der Waals surface area contributed by atoms with E-state index in [1.807, 2.05) is 6.20 Å². The summed E-state index contributed by atoms with van der Waals surface area (Å²) < 4.78 is 3.51. The van der Waals surface area contributed by atoms with Gasteiger partial charge in [-0.3, -0.25) is 0 Å². The second-order valence-electron chi connectivity index (χ2n) is 4.53. The number of benzene rings is 1. The molecule has 1 aromatic carbocycles. The smallest absolute Gasteiger partial charge is 0.109 e. The van der Waals surface area contributed by atoms with Gasteiger partial charge in [0.15, 0.2) is 0 Å². The van der Waals surface area contributed by atoms with Crippen molar-refractivity contribution in [3.8, 4) is 11.3 Å². The van der Waals surface area contributed by atoms with Crippen molar-refractivity contribution in [2.75, 3.05) is 0 Å². The summed E-state index contributed by atoms with van der Waals surface area (Å²) in [5.41, 5.74) is 2.52. The highest BCUT2D eigenvalue weighted by Gasteiger charge is 2.13. The molecule has 0 saturated heterocycles. The maximum atomic E-state index is 4.57. The Labute approximate surface area is 110 Å². The average Bonchev–Trinajstić information content (AvgIpc) is 2.60. The summed E-state index contributed by atoms with van der Waals surface area (Å²) >= 11 is 3.47. The van der Waals surface area contributed by atoms with Crippen LogP contribution >= 0.6 is 15.9 Å². The van der Waals surface area contributed by atoms with Crippen LogP contribution in [0, 0.1) is 0 Å². The molecular weight excluding hydrogens is 276 g/mol. The van der Waals surface area contributed by atoms with Gasteiger partial charge in [-0.25, -0.2) is 4.98 Å². The lowest BCUT2D eigenvalue weighted by atomic mass is 10.1. The van der Waals surface area contributed by atoms with Crippen molar-refractivity contribution in [2.24, 2.45) is 0 Å². The van der Waals surface area contributed by atoms with E-state index in [-0.39, 0.29) is 0 Å². The van der Waals surface area contributed by atoms with Crippen molar-refractivity contribution in [1.29, 1.82) is 0 Å². The lowest BCUT2D eigenvalue weighted by molar-refractivity contribution is 0.638. The normalized spacial score (nSPS) is 15.4. The van der Waals surface area contributed by atoms with Crippen LogP contribution in [0.5, 0.6) is 0 Å². The molecule has 17 heavy (non-hydrogen) atoms. The molecule has 0 spiro atoms. The van der Waals surface area contributed by atoms with Crippen molar-refractivity contribution in [3.05, 3.63) is 40.8 Å². The van der Waals surface area contributed by atoms with Crippen LogP contribution in [0.3, 0.4) is 0 Å². The SMILES string of the molecule is Brc1ccc(-c2cnc3n2CCCCC3)cc1. The Morgan fingerprint density at radius 2 is 1.88 bits per heavy atom. The monoisotopic (exact) mass is 290 g/mol. The highest BCUT2D eigenvalue weighted by molar-refractivity contribution is 9.10. The molecule has 0 N–H and O–H groups in total. The number of hydrogen-bond acceptors (Lipinski definition) is 1. The van der Waals surface area contributed by atoms with Crippen LogP contribution in [-0.2, 0) is 13.0 Å². The van der Waals surface area contributed by atoms with Crippen molar-refractivity contribution in [2.45, 2.75) is 32.2 Å². The summed E-state index contributed by atoms with van der Waals surface area (Å²) in [7, 11) is 0. The van der Waals surface area contributed by atoms with Gasteiger partial charge < -0.3 is 4.57 Å². The van der Waals surface area contributed by atoms with Gasteiger partial charge in [0, 0.05) is 17.4 Å². The summed E-state index contributed by atoms with van der Waals surface area (Å²) in [4.78, 5) is 4.57. The summed E-state index contributed by atoms with van der Waals surface area (Å²) in [5.74, 6) is 1.25. The molecule has 3 heteroatoms. The van der Waals surface area contributed by atoms with Crippen LogP contribution in [0.1, 0.15) is 25.1 Å². The molecule has 0 radical (unpaired) electrons. The van der Waals surface area contributed by atoms with Crippen LogP contribution in [0.25, 0.3) is 11.3 Å². The van der Waals surface area contributed by atoms with Gasteiger partial charge >= 0.3 is 0 Å². The Morgan fingerprint density at radius 1 is 1.06 bits per heavy atom. The van der Waals surface area contributed by atoms with E-state index < -0.39 is 0 Å². The number of halogens is 1. The van der Waals surface area contributed by atoms with Gasteiger partial charge in [0.1, 0.15) is 5.82 Å². The molecule has 88 valence electrons. The zero-order chi connectivity index (χ0) is 11.7. The fourth-order valence-corrected chi connectivity index (χ4v) is 2.71. The van der Waals surface area contributed by atoms with Gasteiger partial charge in [0.2, 0.25) is 0 Å². The van der Waals surface area contributed by atoms with Crippen LogP contribution in [0.2, 0.25) is 0 Å². The maximum Gasteiger partial charge on any atom is 0.109 e. The van der Waals surface area contributed by atoms with Crippen molar-refractivity contribution < 1.29 is 0 Å². The number of imidazole rings is 1. The number of rotatable bonds is 1. The van der Waals surface area contributed by atoms with Gasteiger partial charge in [-0.2, -0.15) is 0 Å². The number of aromatic nitrogens is 2. The molecule has 2 aromatic rings. The van der Waals surface area contributed by atoms with Gasteiger partial charge in [-0.1, -0.05) is 34.5 Å². The first-order chi connectivity index (χ1) is 8.34. The van der Waals surface area contributed by atoms with E-state index in [0.29, 0.717) is 0 Å². The minimum absolute atomic E-state index is 1.11. The van der Waals surface area contributed by atoms with E-state index in [1.165, 1.54) is 36.3 Å². The molecule has 0 unspecified atom stereocenters. The highest BCUT2D eigenvalue weighted by Crippen LogP contribution is 2.25. The minimum Gasteiger partial charge on any atom is -0.328 e.